The molecule has 0 fully saturated rings. The van der Waals surface area contributed by atoms with Gasteiger partial charge in [-0.05, 0) is 6.92 Å². The molecule has 1 aromatic rings. The van der Waals surface area contributed by atoms with Gasteiger partial charge in [0.15, 0.2) is 0 Å². The van der Waals surface area contributed by atoms with Crippen LogP contribution in [0.25, 0.3) is 0 Å². The summed E-state index contributed by atoms with van der Waals surface area (Å²) in [6.07, 6.45) is -4.38. The molecular weight excluding hydrogens is 247 g/mol. The fraction of sp³-hybridized carbons (Fsp3) is 0.750. The minimum absolute atomic E-state index is 0.00324. The highest BCUT2D eigenvalue weighted by molar-refractivity contribution is 6.16. The summed E-state index contributed by atoms with van der Waals surface area (Å²) in [6, 6.07) is -1.75. The first-order valence-electron chi connectivity index (χ1n) is 4.46. The van der Waals surface area contributed by atoms with Gasteiger partial charge < -0.3 is 4.74 Å². The fourth-order valence-corrected chi connectivity index (χ4v) is 1.39. The molecule has 0 spiro atoms. The Balaban J connectivity index is 3.08. The minimum atomic E-state index is -4.38. The molecule has 16 heavy (non-hydrogen) atoms. The highest BCUT2D eigenvalue weighted by Crippen LogP contribution is 2.30. The third-order valence-corrected chi connectivity index (χ3v) is 2.37. The summed E-state index contributed by atoms with van der Waals surface area (Å²) in [5.41, 5.74) is 0.557. The molecule has 0 saturated carbocycles. The molecule has 1 rings (SSSR count). The molecule has 1 aromatic heterocycles. The average molecular weight is 258 g/mol. The SMILES string of the molecule is COCc1c(CCl)nnn1C(C)C(F)(F)F. The minimum Gasteiger partial charge on any atom is -0.378 e. The number of alkyl halides is 4. The molecule has 92 valence electrons. The summed E-state index contributed by atoms with van der Waals surface area (Å²) in [5.74, 6) is 0.00324. The van der Waals surface area contributed by atoms with E-state index in [0.29, 0.717) is 5.69 Å². The lowest BCUT2D eigenvalue weighted by molar-refractivity contribution is -0.166. The second kappa shape index (κ2) is 5.01. The first kappa shape index (κ1) is 13.2. The van der Waals surface area contributed by atoms with Crippen molar-refractivity contribution in [1.29, 1.82) is 0 Å². The van der Waals surface area contributed by atoms with Gasteiger partial charge in [-0.1, -0.05) is 5.21 Å². The van der Waals surface area contributed by atoms with E-state index in [1.54, 1.807) is 0 Å². The highest BCUT2D eigenvalue weighted by Gasteiger charge is 2.39. The number of aromatic nitrogens is 3. The van der Waals surface area contributed by atoms with E-state index >= 15 is 0 Å². The van der Waals surface area contributed by atoms with Gasteiger partial charge >= 0.3 is 6.18 Å². The van der Waals surface area contributed by atoms with Crippen molar-refractivity contribution in [3.8, 4) is 0 Å². The maximum Gasteiger partial charge on any atom is 0.410 e. The van der Waals surface area contributed by atoms with Gasteiger partial charge in [0.25, 0.3) is 0 Å². The van der Waals surface area contributed by atoms with Crippen molar-refractivity contribution < 1.29 is 17.9 Å². The number of nitrogens with zero attached hydrogens (tertiary/aromatic N) is 3. The maximum atomic E-state index is 12.5. The second-order valence-corrected chi connectivity index (χ2v) is 3.48. The molecule has 1 unspecified atom stereocenters. The van der Waals surface area contributed by atoms with Crippen LogP contribution in [0.2, 0.25) is 0 Å². The van der Waals surface area contributed by atoms with E-state index in [1.165, 1.54) is 7.11 Å². The Morgan fingerprint density at radius 1 is 1.50 bits per heavy atom. The zero-order chi connectivity index (χ0) is 12.3. The van der Waals surface area contributed by atoms with E-state index in [1.807, 2.05) is 0 Å². The van der Waals surface area contributed by atoms with Gasteiger partial charge in [0.2, 0.25) is 0 Å². The Kier molecular flexibility index (Phi) is 4.15. The Morgan fingerprint density at radius 2 is 2.12 bits per heavy atom. The van der Waals surface area contributed by atoms with Crippen molar-refractivity contribution in [3.63, 3.8) is 0 Å². The smallest absolute Gasteiger partial charge is 0.378 e. The summed E-state index contributed by atoms with van der Waals surface area (Å²) in [4.78, 5) is 0. The van der Waals surface area contributed by atoms with Crippen LogP contribution < -0.4 is 0 Å². The molecule has 4 nitrogen and oxygen atoms in total. The van der Waals surface area contributed by atoms with Gasteiger partial charge in [-0.2, -0.15) is 13.2 Å². The lowest BCUT2D eigenvalue weighted by Crippen LogP contribution is -2.26. The van der Waals surface area contributed by atoms with Gasteiger partial charge in [0.1, 0.15) is 11.7 Å². The molecule has 0 aliphatic heterocycles. The van der Waals surface area contributed by atoms with Gasteiger partial charge in [-0.3, -0.25) is 0 Å². The third kappa shape index (κ3) is 2.65. The Hall–Kier alpha value is -0.820. The van der Waals surface area contributed by atoms with Crippen molar-refractivity contribution in [2.75, 3.05) is 7.11 Å². The zero-order valence-electron chi connectivity index (χ0n) is 8.75. The first-order valence-corrected chi connectivity index (χ1v) is 4.99. The van der Waals surface area contributed by atoms with E-state index in [2.05, 4.69) is 10.3 Å². The van der Waals surface area contributed by atoms with Gasteiger partial charge in [0, 0.05) is 7.11 Å². The molecule has 0 bridgehead atoms. The van der Waals surface area contributed by atoms with E-state index in [9.17, 15) is 13.2 Å². The quantitative estimate of drug-likeness (QED) is 0.777. The van der Waals surface area contributed by atoms with Crippen molar-refractivity contribution in [3.05, 3.63) is 11.4 Å². The van der Waals surface area contributed by atoms with E-state index < -0.39 is 12.2 Å². The monoisotopic (exact) mass is 257 g/mol. The largest absolute Gasteiger partial charge is 0.410 e. The Morgan fingerprint density at radius 3 is 2.56 bits per heavy atom. The van der Waals surface area contributed by atoms with Crippen LogP contribution in [0.1, 0.15) is 24.4 Å². The molecule has 0 N–H and O–H groups in total. The summed E-state index contributed by atoms with van der Waals surface area (Å²) < 4.78 is 43.1. The lowest BCUT2D eigenvalue weighted by Gasteiger charge is -2.17. The van der Waals surface area contributed by atoms with E-state index in [0.717, 1.165) is 11.6 Å². The van der Waals surface area contributed by atoms with E-state index in [4.69, 9.17) is 16.3 Å². The highest BCUT2D eigenvalue weighted by atomic mass is 35.5. The second-order valence-electron chi connectivity index (χ2n) is 3.21. The van der Waals surface area contributed by atoms with Gasteiger partial charge in [0.05, 0.1) is 18.2 Å². The summed E-state index contributed by atoms with van der Waals surface area (Å²) >= 11 is 5.55. The first-order chi connectivity index (χ1) is 7.41. The van der Waals surface area contributed by atoms with Crippen molar-refractivity contribution in [2.24, 2.45) is 0 Å². The number of hydrogen-bond donors (Lipinski definition) is 0. The Bertz CT molecular complexity index is 353. The van der Waals surface area contributed by atoms with Crippen LogP contribution in [0.5, 0.6) is 0 Å². The number of ether oxygens (including phenoxy) is 1. The molecule has 0 aliphatic carbocycles. The maximum absolute atomic E-state index is 12.5. The van der Waals surface area contributed by atoms with Crippen LogP contribution in [0.4, 0.5) is 13.2 Å². The normalized spacial score (nSPS) is 14.1. The van der Waals surface area contributed by atoms with Crippen LogP contribution in [0, 0.1) is 0 Å². The van der Waals surface area contributed by atoms with Crippen molar-refractivity contribution in [1.82, 2.24) is 15.0 Å². The van der Waals surface area contributed by atoms with Crippen molar-refractivity contribution in [2.45, 2.75) is 31.6 Å². The summed E-state index contributed by atoms with van der Waals surface area (Å²) in [7, 11) is 1.38. The number of halogens is 4. The van der Waals surface area contributed by atoms with Crippen LogP contribution in [0.3, 0.4) is 0 Å². The molecule has 0 radical (unpaired) electrons. The zero-order valence-corrected chi connectivity index (χ0v) is 9.51. The standard InChI is InChI=1S/C8H11ClF3N3O/c1-5(8(10,11)12)15-7(4-16-2)6(3-9)13-14-15/h5H,3-4H2,1-2H3. The molecule has 0 aliphatic rings. The Labute approximate surface area is 95.3 Å². The lowest BCUT2D eigenvalue weighted by atomic mass is 10.3. The van der Waals surface area contributed by atoms with Crippen LogP contribution in [-0.2, 0) is 17.2 Å². The topological polar surface area (TPSA) is 39.9 Å². The molecule has 0 aromatic carbocycles. The summed E-state index contributed by atoms with van der Waals surface area (Å²) in [5, 5.41) is 7.04. The average Bonchev–Trinajstić information content (AvgIpc) is 2.59. The number of methoxy groups -OCH3 is 1. The predicted molar refractivity (Wildman–Crippen MR) is 51.1 cm³/mol. The molecule has 1 heterocycles. The summed E-state index contributed by atoms with van der Waals surface area (Å²) in [6.45, 7) is 1.00. The molecular formula is C8H11ClF3N3O. The van der Waals surface area contributed by atoms with E-state index in [-0.39, 0.29) is 18.2 Å². The van der Waals surface area contributed by atoms with Crippen LogP contribution >= 0.6 is 11.6 Å². The van der Waals surface area contributed by atoms with Crippen LogP contribution in [0.15, 0.2) is 0 Å². The molecule has 8 heteroatoms. The fourth-order valence-electron chi connectivity index (χ4n) is 1.19. The van der Waals surface area contributed by atoms with Crippen LogP contribution in [-0.4, -0.2) is 28.3 Å². The molecule has 0 amide bonds. The number of hydrogen-bond acceptors (Lipinski definition) is 3. The van der Waals surface area contributed by atoms with Gasteiger partial charge in [-0.15, -0.1) is 16.7 Å². The van der Waals surface area contributed by atoms with Gasteiger partial charge in [-0.25, -0.2) is 4.68 Å². The predicted octanol–water partition coefficient (Wildman–Crippen LogP) is 2.29. The molecule has 0 saturated heterocycles. The third-order valence-electron chi connectivity index (χ3n) is 2.12. The molecule has 1 atom stereocenters. The number of rotatable bonds is 4. The van der Waals surface area contributed by atoms with Crippen molar-refractivity contribution >= 4 is 11.6 Å².